The lowest BCUT2D eigenvalue weighted by Gasteiger charge is -2.19. The SMILES string of the molecule is CCN(CC)S(=O)(=O)c1ccc(Cl)c(NC(=O)CCn2cnc3ccccc3c2=O)c1. The number of nitrogens with zero attached hydrogens (tertiary/aromatic N) is 3. The normalized spacial score (nSPS) is 11.7. The van der Waals surface area contributed by atoms with Crippen molar-refractivity contribution in [1.29, 1.82) is 0 Å². The van der Waals surface area contributed by atoms with E-state index in [1.807, 2.05) is 0 Å². The molecule has 31 heavy (non-hydrogen) atoms. The second kappa shape index (κ2) is 9.59. The van der Waals surface area contributed by atoms with Crippen LogP contribution in [0.2, 0.25) is 5.02 Å². The monoisotopic (exact) mass is 462 g/mol. The highest BCUT2D eigenvalue weighted by Crippen LogP contribution is 2.27. The molecule has 0 saturated heterocycles. The lowest BCUT2D eigenvalue weighted by atomic mass is 10.2. The summed E-state index contributed by atoms with van der Waals surface area (Å²) in [6.07, 6.45) is 1.39. The maximum absolute atomic E-state index is 12.7. The number of benzene rings is 2. The Morgan fingerprint density at radius 2 is 1.87 bits per heavy atom. The third kappa shape index (κ3) is 4.95. The summed E-state index contributed by atoms with van der Waals surface area (Å²) in [4.78, 5) is 29.3. The van der Waals surface area contributed by atoms with Gasteiger partial charge >= 0.3 is 0 Å². The number of amides is 1. The molecule has 3 aromatic rings. The first kappa shape index (κ1) is 22.9. The summed E-state index contributed by atoms with van der Waals surface area (Å²) in [6.45, 7) is 4.29. The largest absolute Gasteiger partial charge is 0.325 e. The summed E-state index contributed by atoms with van der Waals surface area (Å²) < 4.78 is 28.1. The molecule has 0 fully saturated rings. The minimum absolute atomic E-state index is 0.0106. The van der Waals surface area contributed by atoms with E-state index in [-0.39, 0.29) is 34.1 Å². The van der Waals surface area contributed by atoms with E-state index >= 15 is 0 Å². The van der Waals surface area contributed by atoms with Crippen LogP contribution < -0.4 is 10.9 Å². The van der Waals surface area contributed by atoms with Crippen LogP contribution in [0.25, 0.3) is 10.9 Å². The van der Waals surface area contributed by atoms with Gasteiger partial charge in [0.25, 0.3) is 5.56 Å². The predicted octanol–water partition coefficient (Wildman–Crippen LogP) is 3.11. The molecule has 1 N–H and O–H groups in total. The van der Waals surface area contributed by atoms with E-state index in [9.17, 15) is 18.0 Å². The maximum atomic E-state index is 12.7. The number of anilines is 1. The first-order valence-corrected chi connectivity index (χ1v) is 11.6. The summed E-state index contributed by atoms with van der Waals surface area (Å²) >= 11 is 6.16. The average Bonchev–Trinajstić information content (AvgIpc) is 2.75. The van der Waals surface area contributed by atoms with Crippen LogP contribution in [0.1, 0.15) is 20.3 Å². The Labute approximate surface area is 185 Å². The fourth-order valence-corrected chi connectivity index (χ4v) is 4.82. The van der Waals surface area contributed by atoms with Crippen LogP contribution in [0, 0.1) is 0 Å². The van der Waals surface area contributed by atoms with Gasteiger partial charge in [-0.1, -0.05) is 37.6 Å². The first-order chi connectivity index (χ1) is 14.8. The molecule has 0 bridgehead atoms. The van der Waals surface area contributed by atoms with Crippen molar-refractivity contribution < 1.29 is 13.2 Å². The summed E-state index contributed by atoms with van der Waals surface area (Å²) in [5.74, 6) is -0.403. The van der Waals surface area contributed by atoms with Gasteiger partial charge < -0.3 is 5.32 Å². The molecule has 2 aromatic carbocycles. The van der Waals surface area contributed by atoms with Crippen molar-refractivity contribution in [2.45, 2.75) is 31.7 Å². The number of nitrogens with one attached hydrogen (secondary N) is 1. The molecular weight excluding hydrogens is 440 g/mol. The van der Waals surface area contributed by atoms with Gasteiger partial charge in [0, 0.05) is 26.1 Å². The van der Waals surface area contributed by atoms with E-state index in [1.54, 1.807) is 38.1 Å². The number of fused-ring (bicyclic) bond motifs is 1. The van der Waals surface area contributed by atoms with Crippen molar-refractivity contribution in [3.63, 3.8) is 0 Å². The zero-order valence-electron chi connectivity index (χ0n) is 17.2. The third-order valence-corrected chi connectivity index (χ3v) is 7.24. The molecule has 1 aromatic heterocycles. The molecule has 0 saturated carbocycles. The molecule has 1 heterocycles. The molecular formula is C21H23ClN4O4S. The molecule has 10 heteroatoms. The average molecular weight is 463 g/mol. The summed E-state index contributed by atoms with van der Waals surface area (Å²) in [5, 5.41) is 3.33. The number of sulfonamides is 1. The smallest absolute Gasteiger partial charge is 0.261 e. The minimum atomic E-state index is -3.69. The van der Waals surface area contributed by atoms with Gasteiger partial charge in [0.05, 0.1) is 32.8 Å². The minimum Gasteiger partial charge on any atom is -0.325 e. The Balaban J connectivity index is 1.75. The van der Waals surface area contributed by atoms with E-state index in [4.69, 9.17) is 11.6 Å². The van der Waals surface area contributed by atoms with E-state index in [1.165, 1.54) is 33.4 Å². The van der Waals surface area contributed by atoms with Gasteiger partial charge in [0.15, 0.2) is 0 Å². The number of halogens is 1. The molecule has 0 aliphatic carbocycles. The lowest BCUT2D eigenvalue weighted by molar-refractivity contribution is -0.116. The Morgan fingerprint density at radius 3 is 2.58 bits per heavy atom. The number of aromatic nitrogens is 2. The van der Waals surface area contributed by atoms with Crippen LogP contribution >= 0.6 is 11.6 Å². The zero-order chi connectivity index (χ0) is 22.6. The van der Waals surface area contributed by atoms with Crippen molar-refractivity contribution in [3.8, 4) is 0 Å². The van der Waals surface area contributed by atoms with Crippen LogP contribution in [-0.4, -0.2) is 41.3 Å². The number of rotatable bonds is 8. The van der Waals surface area contributed by atoms with Gasteiger partial charge in [-0.05, 0) is 30.3 Å². The topological polar surface area (TPSA) is 101 Å². The molecule has 0 spiro atoms. The quantitative estimate of drug-likeness (QED) is 0.554. The number of carbonyl (C=O) groups excluding carboxylic acids is 1. The van der Waals surface area contributed by atoms with E-state index in [0.29, 0.717) is 24.0 Å². The predicted molar refractivity (Wildman–Crippen MR) is 121 cm³/mol. The van der Waals surface area contributed by atoms with Crippen molar-refractivity contribution in [2.75, 3.05) is 18.4 Å². The van der Waals surface area contributed by atoms with E-state index < -0.39 is 15.9 Å². The zero-order valence-corrected chi connectivity index (χ0v) is 18.8. The van der Waals surface area contributed by atoms with Crippen LogP contribution in [0.5, 0.6) is 0 Å². The second-order valence-electron chi connectivity index (χ2n) is 6.79. The Bertz CT molecular complexity index is 1270. The second-order valence-corrected chi connectivity index (χ2v) is 9.13. The molecule has 0 atom stereocenters. The first-order valence-electron chi connectivity index (χ1n) is 9.81. The summed E-state index contributed by atoms with van der Waals surface area (Å²) in [5.41, 5.74) is 0.554. The van der Waals surface area contributed by atoms with E-state index in [2.05, 4.69) is 10.3 Å². The number of hydrogen-bond donors (Lipinski definition) is 1. The van der Waals surface area contributed by atoms with Gasteiger partial charge in [0.1, 0.15) is 0 Å². The Hall–Kier alpha value is -2.75. The highest BCUT2D eigenvalue weighted by molar-refractivity contribution is 7.89. The van der Waals surface area contributed by atoms with Crippen LogP contribution in [0.15, 0.2) is 58.5 Å². The van der Waals surface area contributed by atoms with Gasteiger partial charge in [-0.25, -0.2) is 13.4 Å². The fraction of sp³-hybridized carbons (Fsp3) is 0.286. The van der Waals surface area contributed by atoms with Gasteiger partial charge in [-0.2, -0.15) is 4.31 Å². The molecule has 3 rings (SSSR count). The highest BCUT2D eigenvalue weighted by Gasteiger charge is 2.22. The van der Waals surface area contributed by atoms with E-state index in [0.717, 1.165) is 0 Å². The molecule has 0 aliphatic heterocycles. The van der Waals surface area contributed by atoms with Crippen molar-refractivity contribution in [2.24, 2.45) is 0 Å². The Kier molecular flexibility index (Phi) is 7.09. The van der Waals surface area contributed by atoms with Crippen molar-refractivity contribution >= 4 is 44.1 Å². The van der Waals surface area contributed by atoms with Gasteiger partial charge in [-0.15, -0.1) is 0 Å². The van der Waals surface area contributed by atoms with Crippen molar-refractivity contribution in [3.05, 3.63) is 64.2 Å². The van der Waals surface area contributed by atoms with Gasteiger partial charge in [-0.3, -0.25) is 14.2 Å². The third-order valence-electron chi connectivity index (χ3n) is 4.87. The highest BCUT2D eigenvalue weighted by atomic mass is 35.5. The summed E-state index contributed by atoms with van der Waals surface area (Å²) in [7, 11) is -3.69. The van der Waals surface area contributed by atoms with Crippen molar-refractivity contribution in [1.82, 2.24) is 13.9 Å². The fourth-order valence-electron chi connectivity index (χ4n) is 3.17. The molecule has 0 unspecified atom stereocenters. The molecule has 8 nitrogen and oxygen atoms in total. The number of hydrogen-bond acceptors (Lipinski definition) is 5. The standard InChI is InChI=1S/C21H23ClN4O4S/c1-3-26(4-2)31(29,30)15-9-10-17(22)19(13-15)24-20(27)11-12-25-14-23-18-8-6-5-7-16(18)21(25)28/h5-10,13-14H,3-4,11-12H2,1-2H3,(H,24,27). The molecule has 0 aliphatic rings. The van der Waals surface area contributed by atoms with Crippen LogP contribution in [-0.2, 0) is 21.4 Å². The number of para-hydroxylation sites is 1. The Morgan fingerprint density at radius 1 is 1.16 bits per heavy atom. The number of carbonyl (C=O) groups is 1. The van der Waals surface area contributed by atoms with Crippen LogP contribution in [0.3, 0.4) is 0 Å². The maximum Gasteiger partial charge on any atom is 0.261 e. The molecule has 1 amide bonds. The molecule has 164 valence electrons. The lowest BCUT2D eigenvalue weighted by Crippen LogP contribution is -2.30. The van der Waals surface area contributed by atoms with Crippen LogP contribution in [0.4, 0.5) is 5.69 Å². The number of aryl methyl sites for hydroxylation is 1. The summed E-state index contributed by atoms with van der Waals surface area (Å²) in [6, 6.07) is 11.2. The molecule has 0 radical (unpaired) electrons. The van der Waals surface area contributed by atoms with Gasteiger partial charge in [0.2, 0.25) is 15.9 Å².